The third kappa shape index (κ3) is 3.92. The van der Waals surface area contributed by atoms with Gasteiger partial charge in [0, 0.05) is 18.2 Å². The van der Waals surface area contributed by atoms with E-state index in [0.29, 0.717) is 24.3 Å². The molecule has 1 saturated carbocycles. The van der Waals surface area contributed by atoms with E-state index in [9.17, 15) is 23.4 Å². The van der Waals surface area contributed by atoms with Crippen LogP contribution in [0, 0.1) is 17.8 Å². The number of hydrogen-bond acceptors (Lipinski definition) is 6. The van der Waals surface area contributed by atoms with Gasteiger partial charge in [-0.05, 0) is 38.5 Å². The van der Waals surface area contributed by atoms with Gasteiger partial charge in [-0.25, -0.2) is 8.42 Å². The van der Waals surface area contributed by atoms with Crippen LogP contribution in [-0.4, -0.2) is 46.9 Å². The van der Waals surface area contributed by atoms with E-state index in [1.807, 2.05) is 0 Å². The van der Waals surface area contributed by atoms with Crippen LogP contribution in [0.15, 0.2) is 10.6 Å². The molecule has 1 aromatic rings. The SMILES string of the molecule is CC(CCc1cc(C#CC2CC(O)C2)on1)(C(=O)O)S(C)(=O)=O. The molecule has 126 valence electrons. The molecule has 1 aliphatic rings. The maximum Gasteiger partial charge on any atom is 0.324 e. The van der Waals surface area contributed by atoms with Gasteiger partial charge in [0.1, 0.15) is 0 Å². The van der Waals surface area contributed by atoms with Gasteiger partial charge >= 0.3 is 5.97 Å². The normalized spacial score (nSPS) is 23.3. The van der Waals surface area contributed by atoms with Gasteiger partial charge in [0.05, 0.1) is 11.8 Å². The average molecular weight is 341 g/mol. The molecule has 23 heavy (non-hydrogen) atoms. The summed E-state index contributed by atoms with van der Waals surface area (Å²) in [4.78, 5) is 11.3. The van der Waals surface area contributed by atoms with Crippen molar-refractivity contribution in [2.75, 3.05) is 6.26 Å². The lowest BCUT2D eigenvalue weighted by Crippen LogP contribution is -2.43. The maximum atomic E-state index is 11.7. The van der Waals surface area contributed by atoms with Crippen LogP contribution in [0.3, 0.4) is 0 Å². The Labute approximate surface area is 134 Å². The standard InChI is InChI=1S/C15H19NO6S/c1-15(14(18)19,23(2,20)21)6-5-11-9-13(22-16-11)4-3-10-7-12(17)8-10/h9-10,12,17H,5-8H2,1-2H3,(H,18,19). The maximum absolute atomic E-state index is 11.7. The van der Waals surface area contributed by atoms with Crippen molar-refractivity contribution in [3.05, 3.63) is 17.5 Å². The summed E-state index contributed by atoms with van der Waals surface area (Å²) >= 11 is 0. The smallest absolute Gasteiger partial charge is 0.324 e. The third-order valence-electron chi connectivity index (χ3n) is 4.20. The molecule has 1 aromatic heterocycles. The molecule has 0 bridgehead atoms. The second-order valence-corrected chi connectivity index (χ2v) is 8.53. The van der Waals surface area contributed by atoms with Gasteiger partial charge in [-0.15, -0.1) is 0 Å². The first-order chi connectivity index (χ1) is 10.6. The van der Waals surface area contributed by atoms with Crippen molar-refractivity contribution < 1.29 is 27.9 Å². The molecule has 2 N–H and O–H groups in total. The molecule has 1 aliphatic carbocycles. The summed E-state index contributed by atoms with van der Waals surface area (Å²) in [7, 11) is -3.76. The molecule has 2 rings (SSSR count). The molecule has 0 spiro atoms. The molecule has 1 heterocycles. The summed E-state index contributed by atoms with van der Waals surface area (Å²) in [6, 6.07) is 1.58. The number of carbonyl (C=O) groups is 1. The topological polar surface area (TPSA) is 118 Å². The Hall–Kier alpha value is -1.85. The summed E-state index contributed by atoms with van der Waals surface area (Å²) in [5.41, 5.74) is 0.457. The highest BCUT2D eigenvalue weighted by atomic mass is 32.2. The van der Waals surface area contributed by atoms with Gasteiger partial charge in [0.15, 0.2) is 14.6 Å². The molecule has 0 radical (unpaired) electrons. The van der Waals surface area contributed by atoms with Crippen LogP contribution in [0.25, 0.3) is 0 Å². The Balaban J connectivity index is 2.00. The van der Waals surface area contributed by atoms with Crippen molar-refractivity contribution in [3.63, 3.8) is 0 Å². The van der Waals surface area contributed by atoms with Crippen LogP contribution < -0.4 is 0 Å². The zero-order valence-electron chi connectivity index (χ0n) is 12.9. The summed E-state index contributed by atoms with van der Waals surface area (Å²) in [6.07, 6.45) is 2.00. The zero-order valence-corrected chi connectivity index (χ0v) is 13.8. The summed E-state index contributed by atoms with van der Waals surface area (Å²) < 4.78 is 26.6. The molecule has 1 unspecified atom stereocenters. The second-order valence-electron chi connectivity index (χ2n) is 6.08. The molecule has 0 aliphatic heterocycles. The Morgan fingerprint density at radius 1 is 1.52 bits per heavy atom. The fourth-order valence-corrected chi connectivity index (χ4v) is 2.97. The molecule has 1 atom stereocenters. The Morgan fingerprint density at radius 3 is 2.70 bits per heavy atom. The molecule has 7 nitrogen and oxygen atoms in total. The minimum absolute atomic E-state index is 0.102. The lowest BCUT2D eigenvalue weighted by molar-refractivity contribution is -0.139. The Bertz CT molecular complexity index is 750. The van der Waals surface area contributed by atoms with Crippen molar-refractivity contribution in [3.8, 4) is 11.8 Å². The zero-order chi connectivity index (χ0) is 17.3. The van der Waals surface area contributed by atoms with Crippen LogP contribution in [0.4, 0.5) is 0 Å². The first-order valence-electron chi connectivity index (χ1n) is 7.20. The van der Waals surface area contributed by atoms with E-state index < -0.39 is 20.6 Å². The van der Waals surface area contributed by atoms with Crippen LogP contribution >= 0.6 is 0 Å². The quantitative estimate of drug-likeness (QED) is 0.754. The van der Waals surface area contributed by atoms with Gasteiger partial charge in [-0.3, -0.25) is 4.79 Å². The van der Waals surface area contributed by atoms with E-state index in [2.05, 4.69) is 17.0 Å². The lowest BCUT2D eigenvalue weighted by atomic mass is 9.83. The van der Waals surface area contributed by atoms with E-state index in [4.69, 9.17) is 4.52 Å². The first kappa shape index (κ1) is 17.5. The highest BCUT2D eigenvalue weighted by Gasteiger charge is 2.43. The molecule has 8 heteroatoms. The van der Waals surface area contributed by atoms with E-state index in [1.54, 1.807) is 6.07 Å². The molecule has 0 amide bonds. The Kier molecular flexibility index (Phi) is 4.82. The number of carboxylic acid groups (broad SMARTS) is 1. The van der Waals surface area contributed by atoms with Gasteiger partial charge in [-0.2, -0.15) is 0 Å². The van der Waals surface area contributed by atoms with E-state index in [0.717, 1.165) is 6.26 Å². The highest BCUT2D eigenvalue weighted by molar-refractivity contribution is 7.92. The van der Waals surface area contributed by atoms with Crippen LogP contribution in [0.1, 0.15) is 37.6 Å². The third-order valence-corrected chi connectivity index (χ3v) is 6.22. The van der Waals surface area contributed by atoms with Crippen LogP contribution in [0.5, 0.6) is 0 Å². The van der Waals surface area contributed by atoms with Crippen molar-refractivity contribution >= 4 is 15.8 Å². The fourth-order valence-electron chi connectivity index (χ4n) is 2.18. The van der Waals surface area contributed by atoms with E-state index >= 15 is 0 Å². The predicted molar refractivity (Wildman–Crippen MR) is 81.3 cm³/mol. The number of aliphatic carboxylic acids is 1. The highest BCUT2D eigenvalue weighted by Crippen LogP contribution is 2.26. The van der Waals surface area contributed by atoms with Gasteiger partial charge in [0.25, 0.3) is 0 Å². The molecule has 0 saturated heterocycles. The van der Waals surface area contributed by atoms with Gasteiger partial charge in [-0.1, -0.05) is 11.1 Å². The lowest BCUT2D eigenvalue weighted by Gasteiger charge is -2.26. The summed E-state index contributed by atoms with van der Waals surface area (Å²) in [5, 5.41) is 22.1. The number of hydrogen-bond donors (Lipinski definition) is 2. The van der Waals surface area contributed by atoms with E-state index in [-0.39, 0.29) is 24.9 Å². The predicted octanol–water partition coefficient (Wildman–Crippen LogP) is 0.617. The van der Waals surface area contributed by atoms with Crippen LogP contribution in [0.2, 0.25) is 0 Å². The van der Waals surface area contributed by atoms with Crippen molar-refractivity contribution in [2.45, 2.75) is 43.5 Å². The van der Waals surface area contributed by atoms with E-state index in [1.165, 1.54) is 6.92 Å². The number of carboxylic acids is 1. The number of rotatable bonds is 5. The minimum Gasteiger partial charge on any atom is -0.480 e. The fraction of sp³-hybridized carbons (Fsp3) is 0.600. The van der Waals surface area contributed by atoms with Crippen molar-refractivity contribution in [1.29, 1.82) is 0 Å². The largest absolute Gasteiger partial charge is 0.480 e. The van der Waals surface area contributed by atoms with Crippen molar-refractivity contribution in [2.24, 2.45) is 5.92 Å². The summed E-state index contributed by atoms with van der Waals surface area (Å²) in [6.45, 7) is 1.19. The number of sulfone groups is 1. The van der Waals surface area contributed by atoms with Crippen LogP contribution in [-0.2, 0) is 21.1 Å². The minimum atomic E-state index is -3.76. The molecular formula is C15H19NO6S. The van der Waals surface area contributed by atoms with Crippen molar-refractivity contribution in [1.82, 2.24) is 5.16 Å². The van der Waals surface area contributed by atoms with Gasteiger partial charge in [0.2, 0.25) is 5.76 Å². The average Bonchev–Trinajstić information content (AvgIpc) is 2.86. The number of aliphatic hydroxyl groups is 1. The monoisotopic (exact) mass is 341 g/mol. The molecular weight excluding hydrogens is 322 g/mol. The Morgan fingerprint density at radius 2 is 2.17 bits per heavy atom. The number of aryl methyl sites for hydroxylation is 1. The molecule has 0 aromatic carbocycles. The first-order valence-corrected chi connectivity index (χ1v) is 9.09. The second kappa shape index (κ2) is 6.34. The number of nitrogens with zero attached hydrogens (tertiary/aromatic N) is 1. The number of aromatic nitrogens is 1. The van der Waals surface area contributed by atoms with Gasteiger partial charge < -0.3 is 14.7 Å². The number of aliphatic hydroxyl groups excluding tert-OH is 1. The molecule has 1 fully saturated rings. The summed E-state index contributed by atoms with van der Waals surface area (Å²) in [5.74, 6) is 4.89.